The lowest BCUT2D eigenvalue weighted by atomic mass is 10.2. The molecule has 0 saturated carbocycles. The predicted octanol–water partition coefficient (Wildman–Crippen LogP) is 1.00. The first-order valence-corrected chi connectivity index (χ1v) is 7.81. The number of anilines is 1. The fraction of sp³-hybridized carbons (Fsp3) is 0.462. The molecule has 0 heterocycles. The van der Waals surface area contributed by atoms with Crippen molar-refractivity contribution < 1.29 is 13.2 Å². The Labute approximate surface area is 120 Å². The molecule has 0 aliphatic carbocycles. The molecular weight excluding hydrogens is 278 g/mol. The van der Waals surface area contributed by atoms with Crippen LogP contribution in [0.1, 0.15) is 24.2 Å². The van der Waals surface area contributed by atoms with Gasteiger partial charge in [-0.05, 0) is 32.0 Å². The van der Waals surface area contributed by atoms with Crippen molar-refractivity contribution in [2.75, 3.05) is 32.9 Å². The summed E-state index contributed by atoms with van der Waals surface area (Å²) in [6, 6.07) is 4.32. The Balaban J connectivity index is 3.46. The maximum absolute atomic E-state index is 12.4. The van der Waals surface area contributed by atoms with Gasteiger partial charge in [0.2, 0.25) is 10.0 Å². The van der Waals surface area contributed by atoms with Crippen LogP contribution in [0.15, 0.2) is 23.1 Å². The molecular formula is C13H21N3O3S. The van der Waals surface area contributed by atoms with E-state index < -0.39 is 10.0 Å². The van der Waals surface area contributed by atoms with E-state index in [1.54, 1.807) is 4.90 Å². The smallest absolute Gasteiger partial charge is 0.255 e. The van der Waals surface area contributed by atoms with E-state index >= 15 is 0 Å². The summed E-state index contributed by atoms with van der Waals surface area (Å²) < 4.78 is 25.7. The van der Waals surface area contributed by atoms with Crippen LogP contribution in [0.4, 0.5) is 5.69 Å². The van der Waals surface area contributed by atoms with Crippen molar-refractivity contribution in [3.05, 3.63) is 23.8 Å². The second-order valence-corrected chi connectivity index (χ2v) is 6.64. The number of nitrogens with two attached hydrogens (primary N) is 1. The summed E-state index contributed by atoms with van der Waals surface area (Å²) in [5, 5.41) is 0. The first-order chi connectivity index (χ1) is 9.25. The Morgan fingerprint density at radius 1 is 1.20 bits per heavy atom. The van der Waals surface area contributed by atoms with Crippen molar-refractivity contribution >= 4 is 21.6 Å². The van der Waals surface area contributed by atoms with Gasteiger partial charge >= 0.3 is 0 Å². The number of hydrogen-bond acceptors (Lipinski definition) is 4. The monoisotopic (exact) mass is 299 g/mol. The van der Waals surface area contributed by atoms with Gasteiger partial charge in [0.05, 0.1) is 10.5 Å². The lowest BCUT2D eigenvalue weighted by molar-refractivity contribution is 0.0769. The molecule has 2 N–H and O–H groups in total. The Hall–Kier alpha value is -1.60. The molecule has 6 nitrogen and oxygen atoms in total. The van der Waals surface area contributed by atoms with E-state index in [9.17, 15) is 13.2 Å². The van der Waals surface area contributed by atoms with E-state index in [0.29, 0.717) is 18.8 Å². The molecule has 0 spiro atoms. The highest BCUT2D eigenvalue weighted by atomic mass is 32.2. The maximum Gasteiger partial charge on any atom is 0.255 e. The molecule has 0 fully saturated rings. The number of carbonyl (C=O) groups is 1. The summed E-state index contributed by atoms with van der Waals surface area (Å²) in [5.74, 6) is -0.310. The van der Waals surface area contributed by atoms with Gasteiger partial charge in [-0.15, -0.1) is 0 Å². The second-order valence-electron chi connectivity index (χ2n) is 4.52. The zero-order valence-corrected chi connectivity index (χ0v) is 13.1. The van der Waals surface area contributed by atoms with E-state index in [0.717, 1.165) is 4.31 Å². The number of benzene rings is 1. The molecule has 1 rings (SSSR count). The fourth-order valence-corrected chi connectivity index (χ4v) is 2.92. The number of amides is 1. The molecule has 7 heteroatoms. The van der Waals surface area contributed by atoms with E-state index in [-0.39, 0.29) is 16.4 Å². The predicted molar refractivity (Wildman–Crippen MR) is 79.0 cm³/mol. The molecule has 0 aromatic heterocycles. The van der Waals surface area contributed by atoms with Crippen molar-refractivity contribution in [3.63, 3.8) is 0 Å². The van der Waals surface area contributed by atoms with Crippen molar-refractivity contribution in [1.29, 1.82) is 0 Å². The summed E-state index contributed by atoms with van der Waals surface area (Å²) >= 11 is 0. The molecule has 0 aliphatic rings. The molecule has 1 aromatic rings. The molecule has 0 radical (unpaired) electrons. The van der Waals surface area contributed by atoms with Gasteiger partial charge in [-0.2, -0.15) is 0 Å². The average Bonchev–Trinajstić information content (AvgIpc) is 2.39. The van der Waals surface area contributed by atoms with E-state index in [2.05, 4.69) is 0 Å². The summed E-state index contributed by atoms with van der Waals surface area (Å²) in [5.41, 5.74) is 6.11. The summed E-state index contributed by atoms with van der Waals surface area (Å²) in [6.45, 7) is 4.72. The maximum atomic E-state index is 12.4. The largest absolute Gasteiger partial charge is 0.399 e. The van der Waals surface area contributed by atoms with Gasteiger partial charge in [0.1, 0.15) is 0 Å². The third-order valence-corrected chi connectivity index (χ3v) is 4.90. The van der Waals surface area contributed by atoms with E-state index in [1.807, 2.05) is 13.8 Å². The first kappa shape index (κ1) is 16.5. The van der Waals surface area contributed by atoms with Gasteiger partial charge in [0.15, 0.2) is 0 Å². The second kappa shape index (κ2) is 6.23. The Kier molecular flexibility index (Phi) is 5.13. The van der Waals surface area contributed by atoms with Gasteiger partial charge in [-0.25, -0.2) is 12.7 Å². The Bertz CT molecular complexity index is 593. The quantitative estimate of drug-likeness (QED) is 0.822. The highest BCUT2D eigenvalue weighted by Crippen LogP contribution is 2.23. The van der Waals surface area contributed by atoms with Gasteiger partial charge in [0.25, 0.3) is 5.91 Å². The third-order valence-electron chi connectivity index (χ3n) is 3.05. The van der Waals surface area contributed by atoms with Crippen molar-refractivity contribution in [1.82, 2.24) is 9.21 Å². The summed E-state index contributed by atoms with van der Waals surface area (Å²) in [4.78, 5) is 13.9. The van der Waals surface area contributed by atoms with Gasteiger partial charge in [-0.3, -0.25) is 4.79 Å². The highest BCUT2D eigenvalue weighted by molar-refractivity contribution is 7.89. The van der Waals surface area contributed by atoms with Crippen molar-refractivity contribution in [3.8, 4) is 0 Å². The van der Waals surface area contributed by atoms with Gasteiger partial charge in [-0.1, -0.05) is 0 Å². The molecule has 0 unspecified atom stereocenters. The highest BCUT2D eigenvalue weighted by Gasteiger charge is 2.26. The Morgan fingerprint density at radius 3 is 2.20 bits per heavy atom. The zero-order valence-electron chi connectivity index (χ0n) is 12.3. The number of sulfonamides is 1. The van der Waals surface area contributed by atoms with Crippen LogP contribution in [-0.2, 0) is 10.0 Å². The van der Waals surface area contributed by atoms with Crippen LogP contribution in [0.25, 0.3) is 0 Å². The standard InChI is InChI=1S/C13H21N3O3S/c1-5-16(6-2)13(17)11-8-7-10(14)9-12(11)20(18,19)15(3)4/h7-9H,5-6,14H2,1-4H3. The molecule has 0 saturated heterocycles. The van der Waals surface area contributed by atoms with Crippen LogP contribution < -0.4 is 5.73 Å². The number of carbonyl (C=O) groups excluding carboxylic acids is 1. The van der Waals surface area contributed by atoms with Crippen LogP contribution >= 0.6 is 0 Å². The first-order valence-electron chi connectivity index (χ1n) is 6.37. The Morgan fingerprint density at radius 2 is 1.75 bits per heavy atom. The molecule has 0 bridgehead atoms. The van der Waals surface area contributed by atoms with Crippen molar-refractivity contribution in [2.24, 2.45) is 0 Å². The molecule has 112 valence electrons. The average molecular weight is 299 g/mol. The van der Waals surface area contributed by atoms with Crippen molar-refractivity contribution in [2.45, 2.75) is 18.7 Å². The van der Waals surface area contributed by atoms with Crippen LogP contribution in [0.3, 0.4) is 0 Å². The summed E-state index contributed by atoms with van der Waals surface area (Å²) in [6.07, 6.45) is 0. The number of nitrogen functional groups attached to an aromatic ring is 1. The fourth-order valence-electron chi connectivity index (χ4n) is 1.81. The number of nitrogens with zero attached hydrogens (tertiary/aromatic N) is 2. The molecule has 1 aromatic carbocycles. The molecule has 1 amide bonds. The lowest BCUT2D eigenvalue weighted by Crippen LogP contribution is -2.33. The number of hydrogen-bond donors (Lipinski definition) is 1. The molecule has 0 atom stereocenters. The zero-order chi connectivity index (χ0) is 15.5. The normalized spacial score (nSPS) is 11.7. The molecule has 20 heavy (non-hydrogen) atoms. The van der Waals surface area contributed by atoms with Crippen LogP contribution in [0.2, 0.25) is 0 Å². The van der Waals surface area contributed by atoms with Gasteiger partial charge in [0, 0.05) is 32.9 Å². The number of rotatable bonds is 5. The summed E-state index contributed by atoms with van der Waals surface area (Å²) in [7, 11) is -0.878. The molecule has 0 aliphatic heterocycles. The minimum absolute atomic E-state index is 0.0561. The lowest BCUT2D eigenvalue weighted by Gasteiger charge is -2.21. The minimum atomic E-state index is -3.72. The topological polar surface area (TPSA) is 83.7 Å². The van der Waals surface area contributed by atoms with Gasteiger partial charge < -0.3 is 10.6 Å². The minimum Gasteiger partial charge on any atom is -0.399 e. The SMILES string of the molecule is CCN(CC)C(=O)c1ccc(N)cc1S(=O)(=O)N(C)C. The van der Waals surface area contributed by atoms with Crippen LogP contribution in [0.5, 0.6) is 0 Å². The third kappa shape index (κ3) is 3.10. The van der Waals surface area contributed by atoms with E-state index in [4.69, 9.17) is 5.73 Å². The van der Waals surface area contributed by atoms with Crippen LogP contribution in [0, 0.1) is 0 Å². The van der Waals surface area contributed by atoms with E-state index in [1.165, 1.54) is 32.3 Å². The van der Waals surface area contributed by atoms with Crippen LogP contribution in [-0.4, -0.2) is 50.7 Å².